The molecular formula is C25H20O7. The van der Waals surface area contributed by atoms with Crippen molar-refractivity contribution in [3.63, 3.8) is 0 Å². The van der Waals surface area contributed by atoms with Crippen LogP contribution in [0.25, 0.3) is 6.08 Å². The number of carbonyl (C=O) groups excluding carboxylic acids is 2. The van der Waals surface area contributed by atoms with Crippen molar-refractivity contribution >= 4 is 17.8 Å². The molecule has 32 heavy (non-hydrogen) atoms. The van der Waals surface area contributed by atoms with Gasteiger partial charge in [-0.15, -0.1) is 0 Å². The Hall–Kier alpha value is -4.26. The second-order valence-corrected chi connectivity index (χ2v) is 6.83. The summed E-state index contributed by atoms with van der Waals surface area (Å²) in [5.74, 6) is 1.72. The average molecular weight is 432 g/mol. The van der Waals surface area contributed by atoms with Gasteiger partial charge >= 0.3 is 5.97 Å². The minimum absolute atomic E-state index is 0.158. The molecule has 0 aliphatic carbocycles. The lowest BCUT2D eigenvalue weighted by Crippen LogP contribution is -2.08. The molecule has 0 radical (unpaired) electrons. The third-order valence-electron chi connectivity index (χ3n) is 4.88. The van der Waals surface area contributed by atoms with Crippen LogP contribution in [-0.2, 0) is 0 Å². The Morgan fingerprint density at radius 3 is 2.22 bits per heavy atom. The number of methoxy groups -OCH3 is 3. The van der Waals surface area contributed by atoms with E-state index >= 15 is 0 Å². The van der Waals surface area contributed by atoms with E-state index < -0.39 is 5.97 Å². The lowest BCUT2D eigenvalue weighted by molar-refractivity contribution is 0.0734. The summed E-state index contributed by atoms with van der Waals surface area (Å²) < 4.78 is 26.8. The number of fused-ring (bicyclic) bond motifs is 1. The second kappa shape index (κ2) is 8.85. The number of ketones is 1. The third kappa shape index (κ3) is 4.13. The molecular weight excluding hydrogens is 412 g/mol. The van der Waals surface area contributed by atoms with Crippen molar-refractivity contribution < 1.29 is 33.3 Å². The van der Waals surface area contributed by atoms with Crippen molar-refractivity contribution in [2.24, 2.45) is 0 Å². The number of hydrogen-bond acceptors (Lipinski definition) is 7. The molecule has 0 bridgehead atoms. The summed E-state index contributed by atoms with van der Waals surface area (Å²) in [4.78, 5) is 25.1. The van der Waals surface area contributed by atoms with E-state index in [9.17, 15) is 9.59 Å². The zero-order chi connectivity index (χ0) is 22.7. The third-order valence-corrected chi connectivity index (χ3v) is 4.88. The molecule has 0 saturated heterocycles. The number of benzene rings is 3. The molecule has 7 nitrogen and oxygen atoms in total. The highest BCUT2D eigenvalue weighted by Crippen LogP contribution is 2.36. The smallest absolute Gasteiger partial charge is 0.343 e. The summed E-state index contributed by atoms with van der Waals surface area (Å²) in [6, 6.07) is 16.5. The monoisotopic (exact) mass is 432 g/mol. The maximum atomic E-state index is 12.7. The van der Waals surface area contributed by atoms with E-state index in [-0.39, 0.29) is 17.3 Å². The zero-order valence-electron chi connectivity index (χ0n) is 17.7. The van der Waals surface area contributed by atoms with Crippen LogP contribution in [0, 0.1) is 0 Å². The Morgan fingerprint density at radius 2 is 1.53 bits per heavy atom. The summed E-state index contributed by atoms with van der Waals surface area (Å²) in [5, 5.41) is 0. The summed E-state index contributed by atoms with van der Waals surface area (Å²) in [6.45, 7) is 0. The quantitative estimate of drug-likeness (QED) is 0.321. The Bertz CT molecular complexity index is 1210. The van der Waals surface area contributed by atoms with Crippen molar-refractivity contribution in [3.05, 3.63) is 83.1 Å². The first-order chi connectivity index (χ1) is 15.5. The highest BCUT2D eigenvalue weighted by molar-refractivity contribution is 6.14. The van der Waals surface area contributed by atoms with E-state index in [4.69, 9.17) is 23.7 Å². The van der Waals surface area contributed by atoms with Crippen molar-refractivity contribution in [3.8, 4) is 28.7 Å². The molecule has 1 heterocycles. The fourth-order valence-corrected chi connectivity index (χ4v) is 3.22. The number of ether oxygens (including phenoxy) is 5. The Morgan fingerprint density at radius 1 is 0.812 bits per heavy atom. The number of allylic oxidation sites excluding steroid dienone is 1. The molecule has 7 heteroatoms. The topological polar surface area (TPSA) is 80.3 Å². The maximum Gasteiger partial charge on any atom is 0.343 e. The Labute approximate surface area is 184 Å². The highest BCUT2D eigenvalue weighted by atomic mass is 16.5. The molecule has 1 aliphatic heterocycles. The minimum Gasteiger partial charge on any atom is -0.497 e. The van der Waals surface area contributed by atoms with Crippen molar-refractivity contribution in [2.75, 3.05) is 21.3 Å². The van der Waals surface area contributed by atoms with Crippen LogP contribution in [0.1, 0.15) is 26.3 Å². The SMILES string of the molecule is COc1ccc(C(=O)Oc2ccc3c(c2)OC(=Cc2ccc(OC)c(OC)c2)C3=O)cc1. The number of esters is 1. The molecule has 162 valence electrons. The predicted octanol–water partition coefficient (Wildman–Crippen LogP) is 4.55. The van der Waals surface area contributed by atoms with Crippen LogP contribution in [0.4, 0.5) is 0 Å². The molecule has 0 saturated carbocycles. The van der Waals surface area contributed by atoms with Gasteiger partial charge in [0.05, 0.1) is 32.5 Å². The molecule has 3 aromatic carbocycles. The zero-order valence-corrected chi connectivity index (χ0v) is 17.7. The van der Waals surface area contributed by atoms with Crippen LogP contribution in [0.5, 0.6) is 28.7 Å². The largest absolute Gasteiger partial charge is 0.497 e. The molecule has 0 fully saturated rings. The number of Topliss-reactive ketones (excluding diaryl/α,β-unsaturated/α-hetero) is 1. The van der Waals surface area contributed by atoms with Crippen molar-refractivity contribution in [2.45, 2.75) is 0 Å². The van der Waals surface area contributed by atoms with Gasteiger partial charge in [-0.25, -0.2) is 4.79 Å². The van der Waals surface area contributed by atoms with Crippen LogP contribution < -0.4 is 23.7 Å². The van der Waals surface area contributed by atoms with Gasteiger partial charge in [0.2, 0.25) is 5.78 Å². The Kier molecular flexibility index (Phi) is 5.81. The van der Waals surface area contributed by atoms with Crippen molar-refractivity contribution in [1.29, 1.82) is 0 Å². The van der Waals surface area contributed by atoms with E-state index in [1.165, 1.54) is 13.2 Å². The first-order valence-corrected chi connectivity index (χ1v) is 9.69. The molecule has 0 unspecified atom stereocenters. The molecule has 3 aromatic rings. The fourth-order valence-electron chi connectivity index (χ4n) is 3.22. The maximum absolute atomic E-state index is 12.7. The summed E-state index contributed by atoms with van der Waals surface area (Å²) in [7, 11) is 4.64. The lowest BCUT2D eigenvalue weighted by atomic mass is 10.1. The predicted molar refractivity (Wildman–Crippen MR) is 117 cm³/mol. The van der Waals surface area contributed by atoms with Gasteiger partial charge in [-0.1, -0.05) is 6.07 Å². The van der Waals surface area contributed by atoms with Gasteiger partial charge in [0.15, 0.2) is 17.3 Å². The van der Waals surface area contributed by atoms with E-state index in [2.05, 4.69) is 0 Å². The second-order valence-electron chi connectivity index (χ2n) is 6.83. The molecule has 0 N–H and O–H groups in total. The van der Waals surface area contributed by atoms with Gasteiger partial charge in [-0.05, 0) is 60.2 Å². The van der Waals surface area contributed by atoms with E-state index in [1.807, 2.05) is 0 Å². The summed E-state index contributed by atoms with van der Waals surface area (Å²) in [6.07, 6.45) is 1.62. The number of hydrogen-bond donors (Lipinski definition) is 0. The van der Waals surface area contributed by atoms with Gasteiger partial charge < -0.3 is 23.7 Å². The van der Waals surface area contributed by atoms with Crippen LogP contribution in [0.3, 0.4) is 0 Å². The van der Waals surface area contributed by atoms with Gasteiger partial charge in [-0.3, -0.25) is 4.79 Å². The van der Waals surface area contributed by atoms with E-state index in [0.717, 1.165) is 0 Å². The number of carbonyl (C=O) groups is 2. The van der Waals surface area contributed by atoms with Crippen LogP contribution in [0.15, 0.2) is 66.4 Å². The molecule has 4 rings (SSSR count). The highest BCUT2D eigenvalue weighted by Gasteiger charge is 2.28. The Balaban J connectivity index is 1.53. The van der Waals surface area contributed by atoms with Gasteiger partial charge in [0.1, 0.15) is 17.2 Å². The van der Waals surface area contributed by atoms with Crippen LogP contribution >= 0.6 is 0 Å². The normalized spacial score (nSPS) is 13.3. The number of rotatable bonds is 6. The summed E-state index contributed by atoms with van der Waals surface area (Å²) >= 11 is 0. The van der Waals surface area contributed by atoms with Gasteiger partial charge in [0.25, 0.3) is 0 Å². The first kappa shape index (κ1) is 21.0. The van der Waals surface area contributed by atoms with Crippen LogP contribution in [0.2, 0.25) is 0 Å². The summed E-state index contributed by atoms with van der Waals surface area (Å²) in [5.41, 5.74) is 1.48. The minimum atomic E-state index is -0.530. The van der Waals surface area contributed by atoms with Crippen molar-refractivity contribution in [1.82, 2.24) is 0 Å². The molecule has 0 spiro atoms. The fraction of sp³-hybridized carbons (Fsp3) is 0.120. The molecule has 0 amide bonds. The van der Waals surface area contributed by atoms with Gasteiger partial charge in [0, 0.05) is 6.07 Å². The van der Waals surface area contributed by atoms with E-state index in [0.29, 0.717) is 39.7 Å². The van der Waals surface area contributed by atoms with Crippen LogP contribution in [-0.4, -0.2) is 33.1 Å². The lowest BCUT2D eigenvalue weighted by Gasteiger charge is -2.08. The standard InChI is InChI=1S/C25H20O7/c1-28-17-7-5-16(6-8-17)25(27)31-18-9-10-19-21(14-18)32-23(24(19)26)13-15-4-11-20(29-2)22(12-15)30-3/h4-14H,1-3H3. The molecule has 0 atom stereocenters. The molecule has 1 aliphatic rings. The first-order valence-electron chi connectivity index (χ1n) is 9.69. The van der Waals surface area contributed by atoms with E-state index in [1.54, 1.807) is 74.9 Å². The average Bonchev–Trinajstić information content (AvgIpc) is 3.13. The van der Waals surface area contributed by atoms with Gasteiger partial charge in [-0.2, -0.15) is 0 Å². The molecule has 0 aromatic heterocycles.